The fourth-order valence-electron chi connectivity index (χ4n) is 3.10. The van der Waals surface area contributed by atoms with E-state index in [0.717, 1.165) is 22.7 Å². The van der Waals surface area contributed by atoms with Crippen LogP contribution in [0.1, 0.15) is 38.3 Å². The summed E-state index contributed by atoms with van der Waals surface area (Å²) in [5.41, 5.74) is 1.82. The van der Waals surface area contributed by atoms with Crippen molar-refractivity contribution in [1.29, 1.82) is 0 Å². The van der Waals surface area contributed by atoms with E-state index in [1.807, 2.05) is 29.6 Å². The van der Waals surface area contributed by atoms with Gasteiger partial charge in [0.2, 0.25) is 5.91 Å². The van der Waals surface area contributed by atoms with Crippen molar-refractivity contribution in [2.24, 2.45) is 5.92 Å². The monoisotopic (exact) mass is 348 g/mol. The molecule has 2 aromatic rings. The van der Waals surface area contributed by atoms with Crippen LogP contribution in [0.2, 0.25) is 5.02 Å². The first kappa shape index (κ1) is 16.5. The second kappa shape index (κ2) is 7.45. The normalized spacial score (nSPS) is 21.1. The lowest BCUT2D eigenvalue weighted by Gasteiger charge is -2.29. The third kappa shape index (κ3) is 4.33. The number of benzene rings is 1. The van der Waals surface area contributed by atoms with Gasteiger partial charge in [-0.25, -0.2) is 4.98 Å². The molecule has 3 nitrogen and oxygen atoms in total. The number of nitrogens with zero attached hydrogens (tertiary/aromatic N) is 1. The average Bonchev–Trinajstić information content (AvgIpc) is 2.98. The molecule has 1 amide bonds. The van der Waals surface area contributed by atoms with E-state index in [-0.39, 0.29) is 5.91 Å². The molecular weight excluding hydrogens is 328 g/mol. The molecule has 1 saturated carbocycles. The molecule has 23 heavy (non-hydrogen) atoms. The van der Waals surface area contributed by atoms with Crippen LogP contribution in [0, 0.1) is 5.92 Å². The first-order valence-corrected chi connectivity index (χ1v) is 9.37. The van der Waals surface area contributed by atoms with Crippen molar-refractivity contribution in [3.63, 3.8) is 0 Å². The highest BCUT2D eigenvalue weighted by atomic mass is 35.5. The van der Waals surface area contributed by atoms with Gasteiger partial charge in [-0.3, -0.25) is 4.79 Å². The number of carbonyl (C=O) groups is 1. The average molecular weight is 349 g/mol. The van der Waals surface area contributed by atoms with Crippen LogP contribution in [0.4, 0.5) is 0 Å². The molecule has 0 saturated heterocycles. The first-order valence-electron chi connectivity index (χ1n) is 8.11. The van der Waals surface area contributed by atoms with Gasteiger partial charge in [0.25, 0.3) is 0 Å². The van der Waals surface area contributed by atoms with Gasteiger partial charge in [-0.05, 0) is 30.9 Å². The van der Waals surface area contributed by atoms with Gasteiger partial charge in [0, 0.05) is 22.0 Å². The van der Waals surface area contributed by atoms with E-state index in [1.165, 1.54) is 19.3 Å². The Morgan fingerprint density at radius 3 is 3.00 bits per heavy atom. The molecule has 0 bridgehead atoms. The van der Waals surface area contributed by atoms with Gasteiger partial charge < -0.3 is 5.32 Å². The van der Waals surface area contributed by atoms with Gasteiger partial charge in [0.1, 0.15) is 5.01 Å². The largest absolute Gasteiger partial charge is 0.353 e. The van der Waals surface area contributed by atoms with Gasteiger partial charge >= 0.3 is 0 Å². The van der Waals surface area contributed by atoms with E-state index in [9.17, 15) is 4.79 Å². The lowest BCUT2D eigenvalue weighted by Crippen LogP contribution is -2.41. The van der Waals surface area contributed by atoms with E-state index < -0.39 is 0 Å². The van der Waals surface area contributed by atoms with Crippen molar-refractivity contribution >= 4 is 28.8 Å². The van der Waals surface area contributed by atoms with Crippen LogP contribution in [0.25, 0.3) is 10.6 Å². The Bertz CT molecular complexity index is 685. The summed E-state index contributed by atoms with van der Waals surface area (Å²) >= 11 is 7.57. The van der Waals surface area contributed by atoms with Crippen LogP contribution in [0.15, 0.2) is 29.6 Å². The summed E-state index contributed by atoms with van der Waals surface area (Å²) in [4.78, 5) is 16.8. The van der Waals surface area contributed by atoms with Crippen molar-refractivity contribution < 1.29 is 4.79 Å². The standard InChI is InChI=1S/C18H21ClN2OS/c1-12-5-2-3-8-16(12)21-17(22)10-15-11-23-18(20-15)13-6-4-7-14(19)9-13/h4,6-7,9,11-12,16H,2-3,5,8,10H2,1H3,(H,21,22)/t12-,16+/m0/s1. The van der Waals surface area contributed by atoms with E-state index in [0.29, 0.717) is 23.4 Å². The van der Waals surface area contributed by atoms with Crippen molar-refractivity contribution in [2.45, 2.75) is 45.1 Å². The minimum Gasteiger partial charge on any atom is -0.353 e. The number of hydrogen-bond acceptors (Lipinski definition) is 3. The van der Waals surface area contributed by atoms with Gasteiger partial charge in [0.15, 0.2) is 0 Å². The van der Waals surface area contributed by atoms with Gasteiger partial charge in [0.05, 0.1) is 12.1 Å². The van der Waals surface area contributed by atoms with E-state index in [4.69, 9.17) is 11.6 Å². The minimum atomic E-state index is 0.0756. The maximum absolute atomic E-state index is 12.3. The maximum atomic E-state index is 12.3. The Morgan fingerprint density at radius 1 is 1.39 bits per heavy atom. The summed E-state index contributed by atoms with van der Waals surface area (Å²) in [5, 5.41) is 6.74. The Balaban J connectivity index is 1.61. The number of hydrogen-bond donors (Lipinski definition) is 1. The second-order valence-corrected chi connectivity index (χ2v) is 7.56. The number of halogens is 1. The lowest BCUT2D eigenvalue weighted by molar-refractivity contribution is -0.121. The minimum absolute atomic E-state index is 0.0756. The fourth-order valence-corrected chi connectivity index (χ4v) is 4.10. The van der Waals surface area contributed by atoms with Gasteiger partial charge in [-0.2, -0.15) is 0 Å². The molecule has 1 aromatic heterocycles. The molecule has 1 aliphatic rings. The van der Waals surface area contributed by atoms with Crippen molar-refractivity contribution in [2.75, 3.05) is 0 Å². The van der Waals surface area contributed by atoms with Gasteiger partial charge in [-0.1, -0.05) is 43.5 Å². The zero-order chi connectivity index (χ0) is 16.2. The highest BCUT2D eigenvalue weighted by Crippen LogP contribution is 2.27. The predicted molar refractivity (Wildman–Crippen MR) is 95.8 cm³/mol. The van der Waals surface area contributed by atoms with Crippen LogP contribution in [0.3, 0.4) is 0 Å². The third-order valence-corrected chi connectivity index (χ3v) is 5.60. The van der Waals surface area contributed by atoms with Crippen LogP contribution in [0.5, 0.6) is 0 Å². The topological polar surface area (TPSA) is 42.0 Å². The zero-order valence-corrected chi connectivity index (χ0v) is 14.8. The number of nitrogens with one attached hydrogen (secondary N) is 1. The van der Waals surface area contributed by atoms with Crippen LogP contribution < -0.4 is 5.32 Å². The van der Waals surface area contributed by atoms with E-state index >= 15 is 0 Å². The van der Waals surface area contributed by atoms with Crippen molar-refractivity contribution in [3.8, 4) is 10.6 Å². The molecule has 0 unspecified atom stereocenters. The lowest BCUT2D eigenvalue weighted by atomic mass is 9.86. The van der Waals surface area contributed by atoms with E-state index in [1.54, 1.807) is 11.3 Å². The molecule has 1 N–H and O–H groups in total. The van der Waals surface area contributed by atoms with Crippen LogP contribution in [-0.2, 0) is 11.2 Å². The zero-order valence-electron chi connectivity index (χ0n) is 13.2. The summed E-state index contributed by atoms with van der Waals surface area (Å²) in [5.74, 6) is 0.650. The smallest absolute Gasteiger partial charge is 0.226 e. The summed E-state index contributed by atoms with van der Waals surface area (Å²) in [6, 6.07) is 7.96. The second-order valence-electron chi connectivity index (χ2n) is 6.27. The van der Waals surface area contributed by atoms with Gasteiger partial charge in [-0.15, -0.1) is 11.3 Å². The third-order valence-electron chi connectivity index (χ3n) is 4.42. The first-order chi connectivity index (χ1) is 11.1. The fraction of sp³-hybridized carbons (Fsp3) is 0.444. The summed E-state index contributed by atoms with van der Waals surface area (Å²) in [6.07, 6.45) is 5.14. The number of rotatable bonds is 4. The molecule has 1 aliphatic carbocycles. The molecular formula is C18H21ClN2OS. The molecule has 0 radical (unpaired) electrons. The van der Waals surface area contributed by atoms with Crippen LogP contribution >= 0.6 is 22.9 Å². The summed E-state index contributed by atoms with van der Waals surface area (Å²) in [7, 11) is 0. The highest BCUT2D eigenvalue weighted by Gasteiger charge is 2.23. The molecule has 1 aromatic carbocycles. The Morgan fingerprint density at radius 2 is 2.22 bits per heavy atom. The molecule has 2 atom stereocenters. The molecule has 1 heterocycles. The highest BCUT2D eigenvalue weighted by molar-refractivity contribution is 7.13. The molecule has 0 spiro atoms. The Labute approximate surface area is 146 Å². The summed E-state index contributed by atoms with van der Waals surface area (Å²) < 4.78 is 0. The van der Waals surface area contributed by atoms with Crippen LogP contribution in [-0.4, -0.2) is 16.9 Å². The van der Waals surface area contributed by atoms with Crippen molar-refractivity contribution in [1.82, 2.24) is 10.3 Å². The number of thiazole rings is 1. The molecule has 122 valence electrons. The Hall–Kier alpha value is -1.39. The quantitative estimate of drug-likeness (QED) is 0.870. The molecule has 3 rings (SSSR count). The number of carbonyl (C=O) groups excluding carboxylic acids is 1. The SMILES string of the molecule is C[C@H]1CCCC[C@H]1NC(=O)Cc1csc(-c2cccc(Cl)c2)n1. The van der Waals surface area contributed by atoms with E-state index in [2.05, 4.69) is 17.2 Å². The maximum Gasteiger partial charge on any atom is 0.226 e. The Kier molecular flexibility index (Phi) is 5.34. The summed E-state index contributed by atoms with van der Waals surface area (Å²) in [6.45, 7) is 2.23. The number of amides is 1. The van der Waals surface area contributed by atoms with Crippen molar-refractivity contribution in [3.05, 3.63) is 40.4 Å². The molecule has 1 fully saturated rings. The molecule has 0 aliphatic heterocycles. The molecule has 5 heteroatoms. The predicted octanol–water partition coefficient (Wildman–Crippen LogP) is 4.70. The number of aromatic nitrogens is 1.